The molecule has 0 atom stereocenters. The molecule has 0 aliphatic heterocycles. The predicted molar refractivity (Wildman–Crippen MR) is 86.5 cm³/mol. The Hall–Kier alpha value is -1.40. The maximum atomic E-state index is 10.8. The Morgan fingerprint density at radius 3 is 2.50 bits per heavy atom. The summed E-state index contributed by atoms with van der Waals surface area (Å²) < 4.78 is 0. The van der Waals surface area contributed by atoms with Crippen LogP contribution >= 0.6 is 23.8 Å². The summed E-state index contributed by atoms with van der Waals surface area (Å²) in [4.78, 5) is 12.4. The average molecular weight is 316 g/mol. The van der Waals surface area contributed by atoms with E-state index in [1.54, 1.807) is 0 Å². The molecule has 0 amide bonds. The standard InChI is InChI=1S/C13H18ClN3O2S/c1-3-7-16(8-4-2)13(20)15-12-9-10(17(18)19)5-6-11(12)14/h5-6,9H,3-4,7-8H2,1-2H3,(H,15,20). The van der Waals surface area contributed by atoms with Gasteiger partial charge in [-0.25, -0.2) is 0 Å². The highest BCUT2D eigenvalue weighted by atomic mass is 35.5. The van der Waals surface area contributed by atoms with Gasteiger partial charge in [-0.15, -0.1) is 0 Å². The molecule has 0 aliphatic carbocycles. The van der Waals surface area contributed by atoms with Crippen molar-refractivity contribution in [2.24, 2.45) is 0 Å². The number of thiocarbonyl (C=S) groups is 1. The summed E-state index contributed by atoms with van der Waals surface area (Å²) >= 11 is 11.4. The second kappa shape index (κ2) is 8.01. The number of nitro groups is 1. The van der Waals surface area contributed by atoms with Gasteiger partial charge in [0.1, 0.15) is 0 Å². The molecule has 0 saturated heterocycles. The van der Waals surface area contributed by atoms with Crippen LogP contribution in [0, 0.1) is 10.1 Å². The van der Waals surface area contributed by atoms with E-state index >= 15 is 0 Å². The third-order valence-electron chi connectivity index (χ3n) is 2.68. The van der Waals surface area contributed by atoms with Gasteiger partial charge in [-0.05, 0) is 31.1 Å². The Morgan fingerprint density at radius 1 is 1.40 bits per heavy atom. The SMILES string of the molecule is CCCN(CCC)C(=S)Nc1cc([N+](=O)[O-])ccc1Cl. The van der Waals surface area contributed by atoms with Gasteiger partial charge in [-0.3, -0.25) is 10.1 Å². The van der Waals surface area contributed by atoms with Crippen LogP contribution in [0.4, 0.5) is 11.4 Å². The third-order valence-corrected chi connectivity index (χ3v) is 3.37. The third kappa shape index (κ3) is 4.61. The lowest BCUT2D eigenvalue weighted by Crippen LogP contribution is -2.36. The molecule has 110 valence electrons. The van der Waals surface area contributed by atoms with Gasteiger partial charge in [-0.2, -0.15) is 0 Å². The number of non-ortho nitro benzene ring substituents is 1. The molecule has 1 rings (SSSR count). The number of anilines is 1. The largest absolute Gasteiger partial charge is 0.349 e. The van der Waals surface area contributed by atoms with E-state index in [-0.39, 0.29) is 5.69 Å². The van der Waals surface area contributed by atoms with E-state index in [2.05, 4.69) is 19.2 Å². The lowest BCUT2D eigenvalue weighted by molar-refractivity contribution is -0.384. The second-order valence-corrected chi connectivity index (χ2v) is 5.13. The van der Waals surface area contributed by atoms with E-state index in [1.165, 1.54) is 18.2 Å². The highest BCUT2D eigenvalue weighted by Crippen LogP contribution is 2.27. The van der Waals surface area contributed by atoms with Crippen molar-refractivity contribution in [1.29, 1.82) is 0 Å². The minimum absolute atomic E-state index is 0.0165. The maximum Gasteiger partial charge on any atom is 0.271 e. The Morgan fingerprint density at radius 2 is 2.00 bits per heavy atom. The lowest BCUT2D eigenvalue weighted by Gasteiger charge is -2.25. The summed E-state index contributed by atoms with van der Waals surface area (Å²) in [7, 11) is 0. The van der Waals surface area contributed by atoms with Crippen LogP contribution in [0.1, 0.15) is 26.7 Å². The quantitative estimate of drug-likeness (QED) is 0.487. The zero-order valence-electron chi connectivity index (χ0n) is 11.6. The van der Waals surface area contributed by atoms with Crippen LogP contribution in [0.3, 0.4) is 0 Å². The molecule has 0 saturated carbocycles. The first kappa shape index (κ1) is 16.7. The number of nitrogens with zero attached hydrogens (tertiary/aromatic N) is 2. The zero-order valence-corrected chi connectivity index (χ0v) is 13.1. The number of benzene rings is 1. The number of hydrogen-bond acceptors (Lipinski definition) is 3. The molecule has 5 nitrogen and oxygen atoms in total. The summed E-state index contributed by atoms with van der Waals surface area (Å²) in [5.74, 6) is 0. The fourth-order valence-electron chi connectivity index (χ4n) is 1.77. The Bertz CT molecular complexity index is 491. The van der Waals surface area contributed by atoms with Crippen molar-refractivity contribution in [3.63, 3.8) is 0 Å². The van der Waals surface area contributed by atoms with Crippen molar-refractivity contribution in [2.45, 2.75) is 26.7 Å². The normalized spacial score (nSPS) is 10.2. The van der Waals surface area contributed by atoms with Gasteiger partial charge in [0, 0.05) is 25.2 Å². The number of nitrogens with one attached hydrogen (secondary N) is 1. The van der Waals surface area contributed by atoms with Gasteiger partial charge >= 0.3 is 0 Å². The smallest absolute Gasteiger partial charge is 0.271 e. The summed E-state index contributed by atoms with van der Waals surface area (Å²) in [6.07, 6.45) is 1.95. The molecule has 1 aromatic carbocycles. The number of nitro benzene ring substituents is 1. The van der Waals surface area contributed by atoms with Crippen LogP contribution in [0.25, 0.3) is 0 Å². The van der Waals surface area contributed by atoms with Crippen molar-refractivity contribution in [2.75, 3.05) is 18.4 Å². The molecule has 0 heterocycles. The molecule has 0 aromatic heterocycles. The molecule has 0 aliphatic rings. The first-order chi connectivity index (χ1) is 9.49. The van der Waals surface area contributed by atoms with E-state index in [1.807, 2.05) is 4.90 Å². The van der Waals surface area contributed by atoms with E-state index < -0.39 is 4.92 Å². The Labute approximate surface area is 129 Å². The summed E-state index contributed by atoms with van der Waals surface area (Å²) in [6, 6.07) is 4.26. The predicted octanol–water partition coefficient (Wildman–Crippen LogP) is 4.07. The van der Waals surface area contributed by atoms with Gasteiger partial charge in [0.2, 0.25) is 0 Å². The first-order valence-electron chi connectivity index (χ1n) is 6.49. The number of rotatable bonds is 6. The molecule has 0 spiro atoms. The van der Waals surface area contributed by atoms with E-state index in [4.69, 9.17) is 23.8 Å². The minimum Gasteiger partial charge on any atom is -0.349 e. The fraction of sp³-hybridized carbons (Fsp3) is 0.462. The van der Waals surface area contributed by atoms with Crippen molar-refractivity contribution >= 4 is 40.3 Å². The van der Waals surface area contributed by atoms with Crippen LogP contribution in [-0.4, -0.2) is 28.0 Å². The Kier molecular flexibility index (Phi) is 6.67. The number of halogens is 1. The Balaban J connectivity index is 2.87. The van der Waals surface area contributed by atoms with Crippen LogP contribution in [-0.2, 0) is 0 Å². The summed E-state index contributed by atoms with van der Waals surface area (Å²) in [5.41, 5.74) is 0.445. The van der Waals surface area contributed by atoms with Crippen molar-refractivity contribution in [3.05, 3.63) is 33.3 Å². The van der Waals surface area contributed by atoms with Crippen molar-refractivity contribution < 1.29 is 4.92 Å². The molecule has 0 radical (unpaired) electrons. The molecule has 20 heavy (non-hydrogen) atoms. The van der Waals surface area contributed by atoms with Crippen molar-refractivity contribution in [3.8, 4) is 0 Å². The minimum atomic E-state index is -0.458. The van der Waals surface area contributed by atoms with E-state index in [0.717, 1.165) is 25.9 Å². The molecule has 0 fully saturated rings. The van der Waals surface area contributed by atoms with E-state index in [9.17, 15) is 10.1 Å². The summed E-state index contributed by atoms with van der Waals surface area (Å²) in [6.45, 7) is 5.83. The molecule has 1 aromatic rings. The maximum absolute atomic E-state index is 10.8. The molecular formula is C13H18ClN3O2S. The van der Waals surface area contributed by atoms with Crippen LogP contribution in [0.2, 0.25) is 5.02 Å². The highest BCUT2D eigenvalue weighted by molar-refractivity contribution is 7.80. The first-order valence-corrected chi connectivity index (χ1v) is 7.28. The van der Waals surface area contributed by atoms with Gasteiger partial charge in [-0.1, -0.05) is 25.4 Å². The molecule has 0 unspecified atom stereocenters. The molecular weight excluding hydrogens is 298 g/mol. The highest BCUT2D eigenvalue weighted by Gasteiger charge is 2.13. The molecule has 0 bridgehead atoms. The zero-order chi connectivity index (χ0) is 15.1. The van der Waals surface area contributed by atoms with Gasteiger partial charge in [0.15, 0.2) is 5.11 Å². The van der Waals surface area contributed by atoms with Gasteiger partial charge in [0.05, 0.1) is 15.6 Å². The van der Waals surface area contributed by atoms with Gasteiger partial charge < -0.3 is 10.2 Å². The molecule has 7 heteroatoms. The monoisotopic (exact) mass is 315 g/mol. The lowest BCUT2D eigenvalue weighted by atomic mass is 10.3. The second-order valence-electron chi connectivity index (χ2n) is 4.34. The molecule has 1 N–H and O–H groups in total. The van der Waals surface area contributed by atoms with Crippen LogP contribution < -0.4 is 5.32 Å². The van der Waals surface area contributed by atoms with Crippen LogP contribution in [0.5, 0.6) is 0 Å². The van der Waals surface area contributed by atoms with Gasteiger partial charge in [0.25, 0.3) is 5.69 Å². The van der Waals surface area contributed by atoms with Crippen LogP contribution in [0.15, 0.2) is 18.2 Å². The topological polar surface area (TPSA) is 58.4 Å². The summed E-state index contributed by atoms with van der Waals surface area (Å²) in [5, 5.41) is 14.7. The van der Waals surface area contributed by atoms with Crippen molar-refractivity contribution in [1.82, 2.24) is 4.90 Å². The number of hydrogen-bond donors (Lipinski definition) is 1. The average Bonchev–Trinajstić information content (AvgIpc) is 2.40. The fourth-order valence-corrected chi connectivity index (χ4v) is 2.23. The van der Waals surface area contributed by atoms with E-state index in [0.29, 0.717) is 15.8 Å².